The number of aryl methyl sites for hydroxylation is 1. The van der Waals surface area contributed by atoms with Crippen LogP contribution in [0.5, 0.6) is 0 Å². The lowest BCUT2D eigenvalue weighted by molar-refractivity contribution is -0.384. The molecular formula is C19H16N4O4S2. The van der Waals surface area contributed by atoms with E-state index in [1.807, 2.05) is 18.4 Å². The van der Waals surface area contributed by atoms with Crippen molar-refractivity contribution in [2.45, 2.75) is 11.8 Å². The molecule has 0 radical (unpaired) electrons. The van der Waals surface area contributed by atoms with Gasteiger partial charge in [-0.25, -0.2) is 4.98 Å². The predicted molar refractivity (Wildman–Crippen MR) is 114 cm³/mol. The van der Waals surface area contributed by atoms with Crippen LogP contribution in [0.3, 0.4) is 0 Å². The molecule has 0 saturated heterocycles. The molecule has 0 spiro atoms. The summed E-state index contributed by atoms with van der Waals surface area (Å²) in [7, 11) is 0. The third-order valence-corrected chi connectivity index (χ3v) is 5.52. The first-order chi connectivity index (χ1) is 13.9. The van der Waals surface area contributed by atoms with Gasteiger partial charge in [-0.05, 0) is 31.2 Å². The predicted octanol–water partition coefficient (Wildman–Crippen LogP) is 4.34. The Morgan fingerprint density at radius 2 is 1.97 bits per heavy atom. The summed E-state index contributed by atoms with van der Waals surface area (Å²) in [6, 6.07) is 12.5. The quantitative estimate of drug-likeness (QED) is 0.329. The number of hydrogen-bond acceptors (Lipinski definition) is 7. The molecule has 8 nitrogen and oxygen atoms in total. The third kappa shape index (κ3) is 5.87. The molecule has 0 bridgehead atoms. The van der Waals surface area contributed by atoms with Crippen LogP contribution in [-0.4, -0.2) is 27.5 Å². The molecule has 2 N–H and O–H groups in total. The van der Waals surface area contributed by atoms with Gasteiger partial charge in [0.25, 0.3) is 11.6 Å². The smallest absolute Gasteiger partial charge is 0.270 e. The van der Waals surface area contributed by atoms with Gasteiger partial charge < -0.3 is 10.6 Å². The van der Waals surface area contributed by atoms with Crippen LogP contribution in [0.1, 0.15) is 16.1 Å². The van der Waals surface area contributed by atoms with Crippen molar-refractivity contribution < 1.29 is 14.5 Å². The first-order valence-corrected chi connectivity index (χ1v) is 10.3. The van der Waals surface area contributed by atoms with Gasteiger partial charge in [-0.1, -0.05) is 12.1 Å². The number of nitrogens with one attached hydrogen (secondary N) is 2. The van der Waals surface area contributed by atoms with E-state index >= 15 is 0 Å². The van der Waals surface area contributed by atoms with Crippen LogP contribution in [0, 0.1) is 17.0 Å². The van der Waals surface area contributed by atoms with Crippen LogP contribution in [0.2, 0.25) is 0 Å². The molecule has 2 amide bonds. The van der Waals surface area contributed by atoms with Crippen LogP contribution in [0.25, 0.3) is 0 Å². The molecule has 2 aromatic carbocycles. The van der Waals surface area contributed by atoms with Crippen LogP contribution in [0.4, 0.5) is 16.5 Å². The number of amides is 2. The lowest BCUT2D eigenvalue weighted by Gasteiger charge is -2.07. The zero-order valence-corrected chi connectivity index (χ0v) is 16.9. The number of carbonyl (C=O) groups excluding carboxylic acids is 2. The Labute approximate surface area is 174 Å². The number of thiazole rings is 1. The molecule has 0 saturated carbocycles. The summed E-state index contributed by atoms with van der Waals surface area (Å²) in [6.45, 7) is 1.86. The van der Waals surface area contributed by atoms with E-state index in [1.165, 1.54) is 47.4 Å². The van der Waals surface area contributed by atoms with Crippen LogP contribution >= 0.6 is 23.1 Å². The molecule has 0 unspecified atom stereocenters. The Hall–Kier alpha value is -3.24. The summed E-state index contributed by atoms with van der Waals surface area (Å²) < 4.78 is 0. The second kappa shape index (κ2) is 9.30. The molecule has 0 aliphatic carbocycles. The normalized spacial score (nSPS) is 10.4. The second-order valence-corrected chi connectivity index (χ2v) is 7.83. The summed E-state index contributed by atoms with van der Waals surface area (Å²) in [5, 5.41) is 18.7. The lowest BCUT2D eigenvalue weighted by Crippen LogP contribution is -2.14. The number of aromatic nitrogens is 1. The molecule has 0 fully saturated rings. The fraction of sp³-hybridized carbons (Fsp3) is 0.105. The van der Waals surface area contributed by atoms with Crippen molar-refractivity contribution in [1.82, 2.24) is 4.98 Å². The second-order valence-electron chi connectivity index (χ2n) is 5.92. The number of non-ortho nitro benzene ring substituents is 1. The Kier molecular flexibility index (Phi) is 6.57. The highest BCUT2D eigenvalue weighted by Crippen LogP contribution is 2.23. The van der Waals surface area contributed by atoms with Gasteiger partial charge in [-0.3, -0.25) is 19.7 Å². The van der Waals surface area contributed by atoms with E-state index in [1.54, 1.807) is 18.2 Å². The molecule has 1 aromatic heterocycles. The molecule has 3 rings (SSSR count). The van der Waals surface area contributed by atoms with Gasteiger partial charge in [-0.2, -0.15) is 0 Å². The van der Waals surface area contributed by atoms with Crippen molar-refractivity contribution in [2.24, 2.45) is 0 Å². The van der Waals surface area contributed by atoms with Gasteiger partial charge in [0.1, 0.15) is 0 Å². The number of nitro benzene ring substituents is 1. The first kappa shape index (κ1) is 20.5. The highest BCUT2D eigenvalue weighted by molar-refractivity contribution is 8.00. The van der Waals surface area contributed by atoms with Gasteiger partial charge in [0, 0.05) is 33.7 Å². The van der Waals surface area contributed by atoms with Gasteiger partial charge in [-0.15, -0.1) is 23.1 Å². The molecule has 0 aliphatic heterocycles. The topological polar surface area (TPSA) is 114 Å². The fourth-order valence-corrected chi connectivity index (χ4v) is 3.80. The van der Waals surface area contributed by atoms with Crippen molar-refractivity contribution >= 4 is 51.4 Å². The van der Waals surface area contributed by atoms with E-state index in [-0.39, 0.29) is 22.9 Å². The average molecular weight is 428 g/mol. The molecule has 0 aliphatic rings. The number of thioether (sulfide) groups is 1. The minimum Gasteiger partial charge on any atom is -0.322 e. The van der Waals surface area contributed by atoms with Crippen LogP contribution in [-0.2, 0) is 4.79 Å². The zero-order valence-electron chi connectivity index (χ0n) is 15.2. The van der Waals surface area contributed by atoms with Crippen molar-refractivity contribution in [3.8, 4) is 0 Å². The Balaban J connectivity index is 1.59. The summed E-state index contributed by atoms with van der Waals surface area (Å²) >= 11 is 2.69. The van der Waals surface area contributed by atoms with Crippen LogP contribution in [0.15, 0.2) is 58.8 Å². The highest BCUT2D eigenvalue weighted by Gasteiger charge is 2.12. The number of carbonyl (C=O) groups is 2. The van der Waals surface area contributed by atoms with Gasteiger partial charge in [0.15, 0.2) is 5.13 Å². The van der Waals surface area contributed by atoms with E-state index in [4.69, 9.17) is 0 Å². The largest absolute Gasteiger partial charge is 0.322 e. The van der Waals surface area contributed by atoms with Crippen molar-refractivity contribution in [2.75, 3.05) is 16.4 Å². The molecule has 1 heterocycles. The molecule has 3 aromatic rings. The fourth-order valence-electron chi connectivity index (χ4n) is 2.34. The van der Waals surface area contributed by atoms with Crippen molar-refractivity contribution in [3.63, 3.8) is 0 Å². The van der Waals surface area contributed by atoms with E-state index in [2.05, 4.69) is 15.6 Å². The van der Waals surface area contributed by atoms with E-state index in [0.29, 0.717) is 10.8 Å². The van der Waals surface area contributed by atoms with Crippen LogP contribution < -0.4 is 10.6 Å². The monoisotopic (exact) mass is 428 g/mol. The Morgan fingerprint density at radius 3 is 2.69 bits per heavy atom. The first-order valence-electron chi connectivity index (χ1n) is 8.41. The van der Waals surface area contributed by atoms with Crippen molar-refractivity contribution in [1.29, 1.82) is 0 Å². The zero-order chi connectivity index (χ0) is 20.8. The minimum atomic E-state index is -0.549. The summed E-state index contributed by atoms with van der Waals surface area (Å²) in [5.41, 5.74) is 1.42. The molecule has 148 valence electrons. The molecule has 0 atom stereocenters. The molecular weight excluding hydrogens is 412 g/mol. The number of nitro groups is 1. The van der Waals surface area contributed by atoms with Gasteiger partial charge >= 0.3 is 0 Å². The van der Waals surface area contributed by atoms with E-state index < -0.39 is 10.8 Å². The van der Waals surface area contributed by atoms with E-state index in [9.17, 15) is 19.7 Å². The minimum absolute atomic E-state index is 0.150. The SMILES string of the molecule is Cc1csc(NC(=O)CSc2cccc(NC(=O)c3cccc([N+](=O)[O-])c3)c2)n1. The standard InChI is InChI=1S/C19H16N4O4S2/c1-12-10-29-19(20-12)22-17(24)11-28-16-7-3-5-14(9-16)21-18(25)13-4-2-6-15(8-13)23(26)27/h2-10H,11H2,1H3,(H,21,25)(H,20,22,24). The number of hydrogen-bond donors (Lipinski definition) is 2. The number of rotatable bonds is 7. The maximum atomic E-state index is 12.4. The van der Waals surface area contributed by atoms with Gasteiger partial charge in [0.2, 0.25) is 5.91 Å². The number of benzene rings is 2. The highest BCUT2D eigenvalue weighted by atomic mass is 32.2. The summed E-state index contributed by atoms with van der Waals surface area (Å²) in [5.74, 6) is -0.427. The number of nitrogens with zero attached hydrogens (tertiary/aromatic N) is 2. The summed E-state index contributed by atoms with van der Waals surface area (Å²) in [4.78, 5) is 39.7. The number of anilines is 2. The molecule has 10 heteroatoms. The van der Waals surface area contributed by atoms with E-state index in [0.717, 1.165) is 10.6 Å². The van der Waals surface area contributed by atoms with Crippen molar-refractivity contribution in [3.05, 3.63) is 75.3 Å². The maximum absolute atomic E-state index is 12.4. The Morgan fingerprint density at radius 1 is 1.17 bits per heavy atom. The molecule has 29 heavy (non-hydrogen) atoms. The average Bonchev–Trinajstić information content (AvgIpc) is 3.11. The maximum Gasteiger partial charge on any atom is 0.270 e. The summed E-state index contributed by atoms with van der Waals surface area (Å²) in [6.07, 6.45) is 0. The lowest BCUT2D eigenvalue weighted by atomic mass is 10.2. The Bertz CT molecular complexity index is 1070. The third-order valence-electron chi connectivity index (χ3n) is 3.65. The van der Waals surface area contributed by atoms with Gasteiger partial charge in [0.05, 0.1) is 16.4 Å².